The number of carbonyl (C=O) groups is 1. The third-order valence-electron chi connectivity index (χ3n) is 5.17. The lowest BCUT2D eigenvalue weighted by Gasteiger charge is -2.36. The van der Waals surface area contributed by atoms with Gasteiger partial charge in [0.1, 0.15) is 0 Å². The van der Waals surface area contributed by atoms with Crippen molar-refractivity contribution in [1.29, 1.82) is 0 Å². The highest BCUT2D eigenvalue weighted by atomic mass is 19.2. The van der Waals surface area contributed by atoms with E-state index in [0.29, 0.717) is 17.6 Å². The third kappa shape index (κ3) is 2.49. The lowest BCUT2D eigenvalue weighted by molar-refractivity contribution is 0.0873. The minimum atomic E-state index is -0.970. The first kappa shape index (κ1) is 14.6. The summed E-state index contributed by atoms with van der Waals surface area (Å²) in [6, 6.07) is 3.19. The summed E-state index contributed by atoms with van der Waals surface area (Å²) in [7, 11) is 2.14. The third-order valence-corrected chi connectivity index (χ3v) is 5.17. The molecule has 2 aromatic rings. The van der Waals surface area contributed by atoms with Gasteiger partial charge in [-0.1, -0.05) is 0 Å². The molecule has 2 fully saturated rings. The summed E-state index contributed by atoms with van der Waals surface area (Å²) in [5, 5.41) is 3.00. The van der Waals surface area contributed by atoms with E-state index >= 15 is 0 Å². The molecule has 2 unspecified atom stereocenters. The summed E-state index contributed by atoms with van der Waals surface area (Å²) in [5.41, 5.74) is 0.565. The van der Waals surface area contributed by atoms with E-state index in [1.165, 1.54) is 12.8 Å². The number of imidazole rings is 1. The molecule has 4 rings (SSSR count). The zero-order valence-electron chi connectivity index (χ0n) is 12.8. The maximum atomic E-state index is 13.2. The summed E-state index contributed by atoms with van der Waals surface area (Å²) in [6.07, 6.45) is 4.22. The number of benzene rings is 1. The van der Waals surface area contributed by atoms with Crippen LogP contribution in [0.2, 0.25) is 0 Å². The Labute approximate surface area is 132 Å². The molecule has 1 aromatic heterocycles. The van der Waals surface area contributed by atoms with Gasteiger partial charge in [0.05, 0.1) is 11.0 Å². The number of aromatic amines is 1. The molecular formula is C16H18F2N4O. The average Bonchev–Trinajstić information content (AvgIpc) is 2.98. The highest BCUT2D eigenvalue weighted by Crippen LogP contribution is 2.34. The van der Waals surface area contributed by atoms with Crippen LogP contribution in [0, 0.1) is 11.6 Å². The molecule has 1 aromatic carbocycles. The Balaban J connectivity index is 1.51. The first-order chi connectivity index (χ1) is 11.0. The van der Waals surface area contributed by atoms with Crippen LogP contribution in [0.1, 0.15) is 36.3 Å². The molecule has 7 heteroatoms. The predicted molar refractivity (Wildman–Crippen MR) is 81.1 cm³/mol. The van der Waals surface area contributed by atoms with Crippen molar-refractivity contribution in [1.82, 2.24) is 20.2 Å². The summed E-state index contributed by atoms with van der Waals surface area (Å²) in [6.45, 7) is 0. The van der Waals surface area contributed by atoms with E-state index in [1.54, 1.807) is 0 Å². The number of hydrogen-bond acceptors (Lipinski definition) is 3. The smallest absolute Gasteiger partial charge is 0.287 e. The van der Waals surface area contributed by atoms with Crippen molar-refractivity contribution in [3.8, 4) is 0 Å². The zero-order valence-corrected chi connectivity index (χ0v) is 12.8. The number of amides is 1. The quantitative estimate of drug-likeness (QED) is 0.892. The molecule has 0 saturated carbocycles. The molecule has 2 aliphatic heterocycles. The van der Waals surface area contributed by atoms with E-state index in [0.717, 1.165) is 25.0 Å². The number of fused-ring (bicyclic) bond motifs is 3. The Morgan fingerprint density at radius 1 is 1.26 bits per heavy atom. The van der Waals surface area contributed by atoms with Gasteiger partial charge in [-0.3, -0.25) is 4.79 Å². The molecule has 3 heterocycles. The normalized spacial score (nSPS) is 27.5. The molecular weight excluding hydrogens is 302 g/mol. The Hall–Kier alpha value is -2.02. The van der Waals surface area contributed by atoms with Crippen molar-refractivity contribution in [2.75, 3.05) is 7.05 Å². The molecule has 2 aliphatic rings. The van der Waals surface area contributed by atoms with E-state index in [2.05, 4.69) is 27.2 Å². The number of rotatable bonds is 2. The summed E-state index contributed by atoms with van der Waals surface area (Å²) < 4.78 is 26.5. The van der Waals surface area contributed by atoms with Crippen LogP contribution in [0.4, 0.5) is 8.78 Å². The maximum Gasteiger partial charge on any atom is 0.287 e. The zero-order chi connectivity index (χ0) is 16.1. The summed E-state index contributed by atoms with van der Waals surface area (Å²) >= 11 is 0. The van der Waals surface area contributed by atoms with E-state index in [4.69, 9.17) is 0 Å². The second-order valence-corrected chi connectivity index (χ2v) is 6.56. The van der Waals surface area contributed by atoms with Crippen LogP contribution >= 0.6 is 0 Å². The van der Waals surface area contributed by atoms with Gasteiger partial charge >= 0.3 is 0 Å². The van der Waals surface area contributed by atoms with Gasteiger partial charge in [0, 0.05) is 30.3 Å². The van der Waals surface area contributed by atoms with Gasteiger partial charge in [0.25, 0.3) is 5.91 Å². The second-order valence-electron chi connectivity index (χ2n) is 6.56. The fraction of sp³-hybridized carbons (Fsp3) is 0.500. The van der Waals surface area contributed by atoms with Crippen LogP contribution in [0.3, 0.4) is 0 Å². The topological polar surface area (TPSA) is 61.0 Å². The number of nitrogens with one attached hydrogen (secondary N) is 2. The number of halogens is 2. The van der Waals surface area contributed by atoms with Crippen LogP contribution in [-0.4, -0.2) is 45.9 Å². The van der Waals surface area contributed by atoms with Crippen molar-refractivity contribution in [3.05, 3.63) is 29.6 Å². The van der Waals surface area contributed by atoms with Crippen LogP contribution in [0.15, 0.2) is 12.1 Å². The molecule has 0 radical (unpaired) electrons. The van der Waals surface area contributed by atoms with Crippen molar-refractivity contribution >= 4 is 16.9 Å². The molecule has 2 N–H and O–H groups in total. The molecule has 0 spiro atoms. The van der Waals surface area contributed by atoms with Gasteiger partial charge < -0.3 is 15.2 Å². The molecule has 23 heavy (non-hydrogen) atoms. The molecule has 5 nitrogen and oxygen atoms in total. The maximum absolute atomic E-state index is 13.2. The highest BCUT2D eigenvalue weighted by Gasteiger charge is 2.39. The molecule has 0 aliphatic carbocycles. The van der Waals surface area contributed by atoms with E-state index in [9.17, 15) is 13.6 Å². The molecule has 1 amide bonds. The van der Waals surface area contributed by atoms with Crippen molar-refractivity contribution in [2.45, 2.75) is 43.8 Å². The number of carbonyl (C=O) groups excluding carboxylic acids is 1. The molecule has 122 valence electrons. The largest absolute Gasteiger partial charge is 0.347 e. The number of piperidine rings is 1. The van der Waals surface area contributed by atoms with Crippen molar-refractivity contribution in [3.63, 3.8) is 0 Å². The number of nitrogens with zero attached hydrogens (tertiary/aromatic N) is 2. The van der Waals surface area contributed by atoms with Gasteiger partial charge in [-0.25, -0.2) is 13.8 Å². The Morgan fingerprint density at radius 3 is 2.61 bits per heavy atom. The number of hydrogen-bond donors (Lipinski definition) is 2. The predicted octanol–water partition coefficient (Wildman–Crippen LogP) is 2.20. The van der Waals surface area contributed by atoms with E-state index < -0.39 is 11.6 Å². The minimum Gasteiger partial charge on any atom is -0.347 e. The van der Waals surface area contributed by atoms with Gasteiger partial charge in [0.15, 0.2) is 17.5 Å². The van der Waals surface area contributed by atoms with Crippen LogP contribution < -0.4 is 5.32 Å². The SMILES string of the molecule is CN1C2CCC1CC(NC(=O)c1nc3cc(F)c(F)cc3[nH]1)C2. The van der Waals surface area contributed by atoms with Gasteiger partial charge in [-0.15, -0.1) is 0 Å². The van der Waals surface area contributed by atoms with Crippen molar-refractivity contribution < 1.29 is 13.6 Å². The fourth-order valence-electron chi connectivity index (χ4n) is 3.90. The lowest BCUT2D eigenvalue weighted by Crippen LogP contribution is -2.48. The number of H-pyrrole nitrogens is 1. The summed E-state index contributed by atoms with van der Waals surface area (Å²) in [4.78, 5) is 21.6. The molecule has 2 bridgehead atoms. The van der Waals surface area contributed by atoms with Crippen molar-refractivity contribution in [2.24, 2.45) is 0 Å². The minimum absolute atomic E-state index is 0.0938. The monoisotopic (exact) mass is 320 g/mol. The highest BCUT2D eigenvalue weighted by molar-refractivity contribution is 5.94. The fourth-order valence-corrected chi connectivity index (χ4v) is 3.90. The lowest BCUT2D eigenvalue weighted by atomic mass is 9.98. The number of aromatic nitrogens is 2. The van der Waals surface area contributed by atoms with Crippen LogP contribution in [0.5, 0.6) is 0 Å². The first-order valence-electron chi connectivity index (χ1n) is 7.89. The van der Waals surface area contributed by atoms with Gasteiger partial charge in [-0.2, -0.15) is 0 Å². The second kappa shape index (κ2) is 5.26. The molecule has 2 atom stereocenters. The van der Waals surface area contributed by atoms with Gasteiger partial charge in [0.2, 0.25) is 0 Å². The van der Waals surface area contributed by atoms with E-state index in [-0.39, 0.29) is 23.3 Å². The van der Waals surface area contributed by atoms with Crippen LogP contribution in [-0.2, 0) is 0 Å². The van der Waals surface area contributed by atoms with E-state index in [1.807, 2.05) is 0 Å². The summed E-state index contributed by atoms with van der Waals surface area (Å²) in [5.74, 6) is -2.16. The van der Waals surface area contributed by atoms with Gasteiger partial charge in [-0.05, 0) is 32.7 Å². The average molecular weight is 320 g/mol. The standard InChI is InChI=1S/C16H18F2N4O/c1-22-9-2-3-10(22)5-8(4-9)19-16(23)15-20-13-6-11(17)12(18)7-14(13)21-15/h6-10H,2-5H2,1H3,(H,19,23)(H,20,21). The Morgan fingerprint density at radius 2 is 1.91 bits per heavy atom. The molecule has 2 saturated heterocycles. The first-order valence-corrected chi connectivity index (χ1v) is 7.89. The van der Waals surface area contributed by atoms with Crippen LogP contribution in [0.25, 0.3) is 11.0 Å². The Bertz CT molecular complexity index is 722. The Kier molecular flexibility index (Phi) is 3.33.